The number of carbonyl (C=O) groups excluding carboxylic acids is 2. The Kier molecular flexibility index (Phi) is 4.16. The van der Waals surface area contributed by atoms with Crippen molar-refractivity contribution in [2.45, 2.75) is 19.8 Å². The number of fused-ring (bicyclic) bond motifs is 1. The molecule has 2 amide bonds. The highest BCUT2D eigenvalue weighted by atomic mass is 16.2. The van der Waals surface area contributed by atoms with Crippen molar-refractivity contribution in [3.63, 3.8) is 0 Å². The SMILES string of the molecule is CCc1ccccc1NC(=O)[C@@H]1CC(=O)N(c2n[nH]c3ccccc23)C1. The van der Waals surface area contributed by atoms with Crippen LogP contribution in [0.25, 0.3) is 10.9 Å². The molecule has 0 spiro atoms. The Labute approximate surface area is 151 Å². The minimum absolute atomic E-state index is 0.0776. The summed E-state index contributed by atoms with van der Waals surface area (Å²) < 4.78 is 0. The van der Waals surface area contributed by atoms with Gasteiger partial charge in [0.25, 0.3) is 0 Å². The summed E-state index contributed by atoms with van der Waals surface area (Å²) in [6.07, 6.45) is 1.03. The number of benzene rings is 2. The average Bonchev–Trinajstić information content (AvgIpc) is 3.25. The van der Waals surface area contributed by atoms with Crippen LogP contribution < -0.4 is 10.2 Å². The van der Waals surface area contributed by atoms with Gasteiger partial charge in [0, 0.05) is 24.0 Å². The van der Waals surface area contributed by atoms with Crippen LogP contribution in [0.1, 0.15) is 18.9 Å². The van der Waals surface area contributed by atoms with E-state index in [1.807, 2.05) is 48.5 Å². The maximum atomic E-state index is 12.7. The number of hydrogen-bond acceptors (Lipinski definition) is 3. The Morgan fingerprint density at radius 2 is 2.00 bits per heavy atom. The highest BCUT2D eigenvalue weighted by Crippen LogP contribution is 2.30. The van der Waals surface area contributed by atoms with Crippen LogP contribution in [0.15, 0.2) is 48.5 Å². The Morgan fingerprint density at radius 3 is 2.85 bits per heavy atom. The minimum Gasteiger partial charge on any atom is -0.326 e. The summed E-state index contributed by atoms with van der Waals surface area (Å²) in [6.45, 7) is 2.39. The second-order valence-corrected chi connectivity index (χ2v) is 6.50. The molecular weight excluding hydrogens is 328 g/mol. The first kappa shape index (κ1) is 16.3. The molecule has 0 unspecified atom stereocenters. The molecule has 1 atom stereocenters. The van der Waals surface area contributed by atoms with Crippen LogP contribution in [-0.2, 0) is 16.0 Å². The van der Waals surface area contributed by atoms with Gasteiger partial charge >= 0.3 is 0 Å². The molecule has 1 aliphatic heterocycles. The van der Waals surface area contributed by atoms with Crippen LogP contribution in [0.4, 0.5) is 11.5 Å². The summed E-state index contributed by atoms with van der Waals surface area (Å²) >= 11 is 0. The summed E-state index contributed by atoms with van der Waals surface area (Å²) in [5.41, 5.74) is 2.77. The van der Waals surface area contributed by atoms with E-state index in [-0.39, 0.29) is 24.2 Å². The predicted molar refractivity (Wildman–Crippen MR) is 101 cm³/mol. The number of para-hydroxylation sites is 2. The first-order chi connectivity index (χ1) is 12.7. The number of nitrogens with one attached hydrogen (secondary N) is 2. The van der Waals surface area contributed by atoms with Crippen molar-refractivity contribution in [3.8, 4) is 0 Å². The molecule has 3 aromatic rings. The maximum Gasteiger partial charge on any atom is 0.229 e. The van der Waals surface area contributed by atoms with Gasteiger partial charge in [-0.3, -0.25) is 19.6 Å². The quantitative estimate of drug-likeness (QED) is 0.760. The van der Waals surface area contributed by atoms with Gasteiger partial charge in [0.05, 0.1) is 11.4 Å². The molecule has 0 saturated carbocycles. The van der Waals surface area contributed by atoms with E-state index in [4.69, 9.17) is 0 Å². The molecular formula is C20H20N4O2. The molecule has 132 valence electrons. The Morgan fingerprint density at radius 1 is 1.23 bits per heavy atom. The highest BCUT2D eigenvalue weighted by Gasteiger charge is 2.37. The van der Waals surface area contributed by atoms with Crippen molar-refractivity contribution in [2.75, 3.05) is 16.8 Å². The normalized spacial score (nSPS) is 17.0. The number of aromatic amines is 1. The van der Waals surface area contributed by atoms with Gasteiger partial charge in [-0.1, -0.05) is 37.3 Å². The van der Waals surface area contributed by atoms with Crippen molar-refractivity contribution in [1.29, 1.82) is 0 Å². The monoisotopic (exact) mass is 348 g/mol. The summed E-state index contributed by atoms with van der Waals surface area (Å²) in [7, 11) is 0. The van der Waals surface area contributed by atoms with Crippen LogP contribution in [0, 0.1) is 5.92 Å². The van der Waals surface area contributed by atoms with Crippen molar-refractivity contribution in [3.05, 3.63) is 54.1 Å². The fourth-order valence-corrected chi connectivity index (χ4v) is 3.43. The number of amides is 2. The highest BCUT2D eigenvalue weighted by molar-refractivity contribution is 6.07. The lowest BCUT2D eigenvalue weighted by Crippen LogP contribution is -2.28. The van der Waals surface area contributed by atoms with E-state index >= 15 is 0 Å². The third-order valence-electron chi connectivity index (χ3n) is 4.86. The van der Waals surface area contributed by atoms with E-state index in [9.17, 15) is 9.59 Å². The van der Waals surface area contributed by atoms with E-state index in [2.05, 4.69) is 22.4 Å². The van der Waals surface area contributed by atoms with Gasteiger partial charge in [0.15, 0.2) is 5.82 Å². The third-order valence-corrected chi connectivity index (χ3v) is 4.86. The molecule has 1 saturated heterocycles. The van der Waals surface area contributed by atoms with Crippen LogP contribution in [0.3, 0.4) is 0 Å². The number of hydrogen-bond donors (Lipinski definition) is 2. The molecule has 4 rings (SSSR count). The number of rotatable bonds is 4. The van der Waals surface area contributed by atoms with Gasteiger partial charge in [-0.25, -0.2) is 0 Å². The van der Waals surface area contributed by atoms with Crippen molar-refractivity contribution in [1.82, 2.24) is 10.2 Å². The largest absolute Gasteiger partial charge is 0.326 e. The maximum absolute atomic E-state index is 12.7. The van der Waals surface area contributed by atoms with E-state index < -0.39 is 0 Å². The van der Waals surface area contributed by atoms with E-state index in [1.54, 1.807) is 4.90 Å². The van der Waals surface area contributed by atoms with Gasteiger partial charge in [-0.15, -0.1) is 0 Å². The molecule has 1 aromatic heterocycles. The van der Waals surface area contributed by atoms with E-state index in [1.165, 1.54) is 0 Å². The second kappa shape index (κ2) is 6.63. The number of nitrogens with zero attached hydrogens (tertiary/aromatic N) is 2. The van der Waals surface area contributed by atoms with Crippen molar-refractivity contribution < 1.29 is 9.59 Å². The second-order valence-electron chi connectivity index (χ2n) is 6.50. The lowest BCUT2D eigenvalue weighted by molar-refractivity contribution is -0.122. The van der Waals surface area contributed by atoms with E-state index in [0.717, 1.165) is 28.6 Å². The molecule has 0 aliphatic carbocycles. The van der Waals surface area contributed by atoms with E-state index in [0.29, 0.717) is 12.4 Å². The number of aryl methyl sites for hydroxylation is 1. The van der Waals surface area contributed by atoms with Crippen molar-refractivity contribution >= 4 is 34.2 Å². The Balaban J connectivity index is 1.53. The number of anilines is 2. The first-order valence-corrected chi connectivity index (χ1v) is 8.79. The number of aromatic nitrogens is 2. The Bertz CT molecular complexity index is 979. The molecule has 2 N–H and O–H groups in total. The van der Waals surface area contributed by atoms with Crippen LogP contribution in [0.5, 0.6) is 0 Å². The van der Waals surface area contributed by atoms with Crippen LogP contribution >= 0.6 is 0 Å². The zero-order valence-electron chi connectivity index (χ0n) is 14.5. The lowest BCUT2D eigenvalue weighted by Gasteiger charge is -2.15. The van der Waals surface area contributed by atoms with Crippen LogP contribution in [-0.4, -0.2) is 28.6 Å². The molecule has 0 bridgehead atoms. The lowest BCUT2D eigenvalue weighted by atomic mass is 10.1. The zero-order chi connectivity index (χ0) is 18.1. The Hall–Kier alpha value is -3.15. The van der Waals surface area contributed by atoms with Gasteiger partial charge in [0.2, 0.25) is 11.8 Å². The van der Waals surface area contributed by atoms with Gasteiger partial charge in [-0.05, 0) is 30.2 Å². The number of carbonyl (C=O) groups is 2. The molecule has 6 nitrogen and oxygen atoms in total. The van der Waals surface area contributed by atoms with Gasteiger partial charge in [0.1, 0.15) is 0 Å². The first-order valence-electron chi connectivity index (χ1n) is 8.79. The third kappa shape index (κ3) is 2.83. The zero-order valence-corrected chi connectivity index (χ0v) is 14.5. The summed E-state index contributed by atoms with van der Waals surface area (Å²) in [4.78, 5) is 26.8. The standard InChI is InChI=1S/C20H20N4O2/c1-2-13-7-3-5-9-16(13)21-20(26)14-11-18(25)24(12-14)19-15-8-4-6-10-17(15)22-23-19/h3-10,14H,2,11-12H2,1H3,(H,21,26)(H,22,23)/t14-/m1/s1. The molecule has 1 fully saturated rings. The minimum atomic E-state index is -0.386. The average molecular weight is 348 g/mol. The predicted octanol–water partition coefficient (Wildman–Crippen LogP) is 3.12. The summed E-state index contributed by atoms with van der Waals surface area (Å²) in [6, 6.07) is 15.4. The molecule has 1 aliphatic rings. The smallest absolute Gasteiger partial charge is 0.229 e. The molecule has 0 radical (unpaired) electrons. The summed E-state index contributed by atoms with van der Waals surface area (Å²) in [5, 5.41) is 11.1. The van der Waals surface area contributed by atoms with Crippen molar-refractivity contribution in [2.24, 2.45) is 5.92 Å². The molecule has 26 heavy (non-hydrogen) atoms. The van der Waals surface area contributed by atoms with Crippen LogP contribution in [0.2, 0.25) is 0 Å². The van der Waals surface area contributed by atoms with Gasteiger partial charge < -0.3 is 5.32 Å². The fraction of sp³-hybridized carbons (Fsp3) is 0.250. The fourth-order valence-electron chi connectivity index (χ4n) is 3.43. The molecule has 2 aromatic carbocycles. The molecule has 2 heterocycles. The van der Waals surface area contributed by atoms with Gasteiger partial charge in [-0.2, -0.15) is 5.10 Å². The molecule has 6 heteroatoms. The number of H-pyrrole nitrogens is 1. The topological polar surface area (TPSA) is 78.1 Å². The summed E-state index contributed by atoms with van der Waals surface area (Å²) in [5.74, 6) is 0.00510.